The number of carbonyl (C=O) groups is 1. The minimum atomic E-state index is 0.187. The highest BCUT2D eigenvalue weighted by Gasteiger charge is 2.48. The van der Waals surface area contributed by atoms with Gasteiger partial charge in [0.2, 0.25) is 5.91 Å². The smallest absolute Gasteiger partial charge is 0.226 e. The third-order valence-corrected chi connectivity index (χ3v) is 4.81. The predicted molar refractivity (Wildman–Crippen MR) is 77.3 cm³/mol. The van der Waals surface area contributed by atoms with Crippen molar-refractivity contribution in [2.75, 3.05) is 27.2 Å². The van der Waals surface area contributed by atoms with Crippen LogP contribution in [0.1, 0.15) is 24.8 Å². The molecule has 2 aliphatic rings. The first-order valence-electron chi connectivity index (χ1n) is 7.41. The van der Waals surface area contributed by atoms with Gasteiger partial charge in [0.15, 0.2) is 0 Å². The number of rotatable bonds is 3. The molecule has 0 aromatic carbocycles. The van der Waals surface area contributed by atoms with Crippen LogP contribution in [0, 0.1) is 11.8 Å². The van der Waals surface area contributed by atoms with Crippen molar-refractivity contribution < 1.29 is 4.79 Å². The third kappa shape index (κ3) is 2.35. The molecule has 1 saturated carbocycles. The number of amides is 1. The van der Waals surface area contributed by atoms with Crippen LogP contribution >= 0.6 is 0 Å². The van der Waals surface area contributed by atoms with Crippen molar-refractivity contribution >= 4 is 5.91 Å². The first-order valence-corrected chi connectivity index (χ1v) is 7.41. The number of aromatic nitrogens is 2. The van der Waals surface area contributed by atoms with Crippen molar-refractivity contribution in [1.29, 1.82) is 0 Å². The van der Waals surface area contributed by atoms with Gasteiger partial charge in [-0.1, -0.05) is 6.92 Å². The van der Waals surface area contributed by atoms with Gasteiger partial charge in [-0.05, 0) is 37.9 Å². The molecule has 1 amide bonds. The molecule has 5 nitrogen and oxygen atoms in total. The lowest BCUT2D eigenvalue weighted by atomic mass is 10.1. The zero-order valence-corrected chi connectivity index (χ0v) is 12.8. The Bertz CT molecular complexity index is 510. The standard InChI is InChI=1S/C15H24N4O/c1-10-7-19(9-14(10)17(2)3)15(20)13-5-12(13)11-6-16-18(4)8-11/h6,8,10,12-14H,5,7,9H2,1-4H3. The van der Waals surface area contributed by atoms with Crippen LogP contribution in [0.4, 0.5) is 0 Å². The van der Waals surface area contributed by atoms with E-state index in [-0.39, 0.29) is 5.92 Å². The molecule has 1 aromatic rings. The van der Waals surface area contributed by atoms with E-state index in [1.54, 1.807) is 0 Å². The van der Waals surface area contributed by atoms with Crippen LogP contribution in [0.2, 0.25) is 0 Å². The molecule has 1 aliphatic carbocycles. The third-order valence-electron chi connectivity index (χ3n) is 4.81. The van der Waals surface area contributed by atoms with E-state index < -0.39 is 0 Å². The molecule has 2 fully saturated rings. The minimum Gasteiger partial charge on any atom is -0.341 e. The van der Waals surface area contributed by atoms with Gasteiger partial charge in [-0.15, -0.1) is 0 Å². The van der Waals surface area contributed by atoms with E-state index in [0.717, 1.165) is 19.5 Å². The van der Waals surface area contributed by atoms with Crippen molar-refractivity contribution in [2.45, 2.75) is 25.3 Å². The molecule has 4 atom stereocenters. The molecule has 20 heavy (non-hydrogen) atoms. The molecule has 0 N–H and O–H groups in total. The summed E-state index contributed by atoms with van der Waals surface area (Å²) in [5.74, 6) is 1.48. The lowest BCUT2D eigenvalue weighted by Gasteiger charge is -2.22. The van der Waals surface area contributed by atoms with Gasteiger partial charge in [-0.25, -0.2) is 0 Å². The summed E-state index contributed by atoms with van der Waals surface area (Å²) in [6, 6.07) is 0.495. The number of hydrogen-bond acceptors (Lipinski definition) is 3. The fraction of sp³-hybridized carbons (Fsp3) is 0.733. The highest BCUT2D eigenvalue weighted by molar-refractivity contribution is 5.83. The lowest BCUT2D eigenvalue weighted by Crippen LogP contribution is -2.36. The highest BCUT2D eigenvalue weighted by Crippen LogP contribution is 2.48. The molecule has 110 valence electrons. The molecule has 4 unspecified atom stereocenters. The molecule has 0 bridgehead atoms. The lowest BCUT2D eigenvalue weighted by molar-refractivity contribution is -0.131. The zero-order chi connectivity index (χ0) is 14.4. The largest absolute Gasteiger partial charge is 0.341 e. The Morgan fingerprint density at radius 1 is 1.40 bits per heavy atom. The topological polar surface area (TPSA) is 41.4 Å². The van der Waals surface area contributed by atoms with Crippen molar-refractivity contribution in [1.82, 2.24) is 19.6 Å². The summed E-state index contributed by atoms with van der Waals surface area (Å²) < 4.78 is 1.81. The molecule has 0 spiro atoms. The molecule has 1 saturated heterocycles. The summed E-state index contributed by atoms with van der Waals surface area (Å²) in [5.41, 5.74) is 1.21. The van der Waals surface area contributed by atoms with E-state index in [0.29, 0.717) is 23.8 Å². The van der Waals surface area contributed by atoms with Gasteiger partial charge >= 0.3 is 0 Å². The minimum absolute atomic E-state index is 0.187. The van der Waals surface area contributed by atoms with Crippen LogP contribution in [0.15, 0.2) is 12.4 Å². The molecule has 0 radical (unpaired) electrons. The maximum absolute atomic E-state index is 12.6. The van der Waals surface area contributed by atoms with E-state index >= 15 is 0 Å². The quantitative estimate of drug-likeness (QED) is 0.825. The molecule has 1 aliphatic heterocycles. The Labute approximate surface area is 120 Å². The van der Waals surface area contributed by atoms with Gasteiger partial charge in [0.25, 0.3) is 0 Å². The zero-order valence-electron chi connectivity index (χ0n) is 12.8. The second-order valence-corrected chi connectivity index (χ2v) is 6.65. The number of likely N-dealkylation sites (tertiary alicyclic amines) is 1. The Morgan fingerprint density at radius 2 is 2.15 bits per heavy atom. The molecular formula is C15H24N4O. The van der Waals surface area contributed by atoms with E-state index in [1.165, 1.54) is 5.56 Å². The average Bonchev–Trinajstić information content (AvgIpc) is 2.91. The Balaban J connectivity index is 1.61. The SMILES string of the molecule is CC1CN(C(=O)C2CC2c2cnn(C)c2)CC1N(C)C. The Hall–Kier alpha value is -1.36. The summed E-state index contributed by atoms with van der Waals surface area (Å²) in [5, 5.41) is 4.20. The summed E-state index contributed by atoms with van der Waals surface area (Å²) in [4.78, 5) is 16.9. The fourth-order valence-electron chi connectivity index (χ4n) is 3.50. The number of likely N-dealkylation sites (N-methyl/N-ethyl adjacent to an activating group) is 1. The summed E-state index contributed by atoms with van der Waals surface area (Å²) >= 11 is 0. The van der Waals surface area contributed by atoms with Crippen LogP contribution < -0.4 is 0 Å². The summed E-state index contributed by atoms with van der Waals surface area (Å²) in [6.07, 6.45) is 4.92. The molecule has 3 rings (SSSR count). The van der Waals surface area contributed by atoms with Crippen LogP contribution in [0.5, 0.6) is 0 Å². The first-order chi connectivity index (χ1) is 9.47. The van der Waals surface area contributed by atoms with Gasteiger partial charge in [-0.3, -0.25) is 9.48 Å². The fourth-order valence-corrected chi connectivity index (χ4v) is 3.50. The maximum atomic E-state index is 12.6. The van der Waals surface area contributed by atoms with E-state index in [1.807, 2.05) is 24.1 Å². The summed E-state index contributed by atoms with van der Waals surface area (Å²) in [6.45, 7) is 4.02. The van der Waals surface area contributed by atoms with E-state index in [9.17, 15) is 4.79 Å². The van der Waals surface area contributed by atoms with Crippen LogP contribution in [-0.4, -0.2) is 58.7 Å². The van der Waals surface area contributed by atoms with Crippen molar-refractivity contribution in [3.63, 3.8) is 0 Å². The van der Waals surface area contributed by atoms with E-state index in [4.69, 9.17) is 0 Å². The number of carbonyl (C=O) groups excluding carboxylic acids is 1. The first kappa shape index (κ1) is 13.6. The van der Waals surface area contributed by atoms with Crippen molar-refractivity contribution in [2.24, 2.45) is 18.9 Å². The van der Waals surface area contributed by atoms with Gasteiger partial charge in [0, 0.05) is 38.3 Å². The van der Waals surface area contributed by atoms with Crippen LogP contribution in [0.25, 0.3) is 0 Å². The predicted octanol–water partition coefficient (Wildman–Crippen LogP) is 0.932. The average molecular weight is 276 g/mol. The van der Waals surface area contributed by atoms with Crippen LogP contribution in [0.3, 0.4) is 0 Å². The number of nitrogens with zero attached hydrogens (tertiary/aromatic N) is 4. The normalized spacial score (nSPS) is 33.0. The number of hydrogen-bond donors (Lipinski definition) is 0. The molecular weight excluding hydrogens is 252 g/mol. The number of aryl methyl sites for hydroxylation is 1. The molecule has 1 aromatic heterocycles. The van der Waals surface area contributed by atoms with Crippen molar-refractivity contribution in [3.8, 4) is 0 Å². The van der Waals surface area contributed by atoms with E-state index in [2.05, 4.69) is 35.9 Å². The van der Waals surface area contributed by atoms with Gasteiger partial charge in [0.05, 0.1) is 6.20 Å². The van der Waals surface area contributed by atoms with Gasteiger partial charge in [-0.2, -0.15) is 5.10 Å². The Kier molecular flexibility index (Phi) is 3.32. The summed E-state index contributed by atoms with van der Waals surface area (Å²) in [7, 11) is 6.13. The van der Waals surface area contributed by atoms with Crippen molar-refractivity contribution in [3.05, 3.63) is 18.0 Å². The van der Waals surface area contributed by atoms with Gasteiger partial charge in [0.1, 0.15) is 0 Å². The maximum Gasteiger partial charge on any atom is 0.226 e. The highest BCUT2D eigenvalue weighted by atomic mass is 16.2. The Morgan fingerprint density at radius 3 is 2.70 bits per heavy atom. The monoisotopic (exact) mass is 276 g/mol. The van der Waals surface area contributed by atoms with Gasteiger partial charge < -0.3 is 9.80 Å². The van der Waals surface area contributed by atoms with Crippen LogP contribution in [-0.2, 0) is 11.8 Å². The molecule has 2 heterocycles. The molecule has 5 heteroatoms. The second kappa shape index (κ2) is 4.88. The second-order valence-electron chi connectivity index (χ2n) is 6.65.